The zero-order chi connectivity index (χ0) is 20.9. The predicted octanol–water partition coefficient (Wildman–Crippen LogP) is 3.86. The number of anilines is 1. The van der Waals surface area contributed by atoms with Gasteiger partial charge >= 0.3 is 0 Å². The molecule has 0 fully saturated rings. The second-order valence-electron chi connectivity index (χ2n) is 6.39. The number of thiophene rings is 1. The lowest BCUT2D eigenvalue weighted by Gasteiger charge is -2.16. The number of nitrogens with zero attached hydrogens (tertiary/aromatic N) is 3. The molecule has 0 radical (unpaired) electrons. The molecule has 4 aromatic heterocycles. The van der Waals surface area contributed by atoms with Gasteiger partial charge in [0.25, 0.3) is 11.8 Å². The number of nitrogens with one attached hydrogen (secondary N) is 2. The molecule has 154 valence electrons. The lowest BCUT2D eigenvalue weighted by atomic mass is 10.2. The number of amides is 2. The molecule has 0 saturated carbocycles. The summed E-state index contributed by atoms with van der Waals surface area (Å²) in [5, 5.41) is 14.8. The van der Waals surface area contributed by atoms with Gasteiger partial charge in [0.15, 0.2) is 17.2 Å². The smallest absolute Gasteiger partial charge is 0.291 e. The van der Waals surface area contributed by atoms with Gasteiger partial charge in [-0.15, -0.1) is 21.5 Å². The highest BCUT2D eigenvalue weighted by Crippen LogP contribution is 2.25. The zero-order valence-corrected chi connectivity index (χ0v) is 17.7. The van der Waals surface area contributed by atoms with Crippen molar-refractivity contribution in [2.24, 2.45) is 0 Å². The van der Waals surface area contributed by atoms with E-state index in [4.69, 9.17) is 4.42 Å². The van der Waals surface area contributed by atoms with E-state index in [2.05, 4.69) is 20.8 Å². The molecule has 0 aromatic carbocycles. The Morgan fingerprint density at radius 1 is 1.17 bits per heavy atom. The van der Waals surface area contributed by atoms with E-state index in [1.54, 1.807) is 36.0 Å². The monoisotopic (exact) mass is 441 g/mol. The molecular weight excluding hydrogens is 422 g/mol. The van der Waals surface area contributed by atoms with Crippen molar-refractivity contribution >= 4 is 45.6 Å². The number of carbonyl (C=O) groups is 2. The van der Waals surface area contributed by atoms with Crippen LogP contribution in [0.5, 0.6) is 0 Å². The second kappa shape index (κ2) is 9.14. The molecule has 0 aliphatic carbocycles. The fourth-order valence-electron chi connectivity index (χ4n) is 2.94. The van der Waals surface area contributed by atoms with Gasteiger partial charge in [0, 0.05) is 6.20 Å². The number of pyridine rings is 1. The van der Waals surface area contributed by atoms with E-state index in [-0.39, 0.29) is 23.6 Å². The summed E-state index contributed by atoms with van der Waals surface area (Å²) < 4.78 is 6.97. The van der Waals surface area contributed by atoms with Gasteiger partial charge in [-0.05, 0) is 54.8 Å². The number of aromatic nitrogens is 3. The lowest BCUT2D eigenvalue weighted by molar-refractivity contribution is 0.0937. The molecule has 4 rings (SSSR count). The summed E-state index contributed by atoms with van der Waals surface area (Å²) in [5.74, 6) is 1.18. The molecule has 30 heavy (non-hydrogen) atoms. The Morgan fingerprint density at radius 3 is 2.87 bits per heavy atom. The third-order valence-electron chi connectivity index (χ3n) is 4.38. The molecule has 10 heteroatoms. The summed E-state index contributed by atoms with van der Waals surface area (Å²) in [6.45, 7) is 0. The van der Waals surface area contributed by atoms with Crippen molar-refractivity contribution in [1.82, 2.24) is 19.9 Å². The zero-order valence-electron chi connectivity index (χ0n) is 16.1. The van der Waals surface area contributed by atoms with Crippen LogP contribution in [0.15, 0.2) is 59.3 Å². The Hall–Kier alpha value is -3.11. The quantitative estimate of drug-likeness (QED) is 0.431. The van der Waals surface area contributed by atoms with Crippen molar-refractivity contribution in [2.45, 2.75) is 12.5 Å². The highest BCUT2D eigenvalue weighted by Gasteiger charge is 2.22. The van der Waals surface area contributed by atoms with Gasteiger partial charge in [-0.1, -0.05) is 6.07 Å². The Kier molecular flexibility index (Phi) is 6.15. The predicted molar refractivity (Wildman–Crippen MR) is 117 cm³/mol. The number of rotatable bonds is 8. The van der Waals surface area contributed by atoms with Crippen molar-refractivity contribution in [3.63, 3.8) is 0 Å². The topological polar surface area (TPSA) is 102 Å². The van der Waals surface area contributed by atoms with E-state index in [0.717, 1.165) is 17.8 Å². The number of carbonyl (C=O) groups excluding carboxylic acids is 2. The maximum Gasteiger partial charge on any atom is 0.291 e. The first-order valence-electron chi connectivity index (χ1n) is 9.20. The molecule has 2 N–H and O–H groups in total. The number of hydrogen-bond acceptors (Lipinski definition) is 7. The molecule has 1 unspecified atom stereocenters. The number of hydrogen-bond donors (Lipinski definition) is 2. The minimum Gasteiger partial charge on any atom is -0.459 e. The average molecular weight is 442 g/mol. The van der Waals surface area contributed by atoms with Crippen LogP contribution in [0, 0.1) is 0 Å². The Morgan fingerprint density at radius 2 is 2.07 bits per heavy atom. The van der Waals surface area contributed by atoms with E-state index >= 15 is 0 Å². The summed E-state index contributed by atoms with van der Waals surface area (Å²) >= 11 is 2.90. The van der Waals surface area contributed by atoms with Crippen LogP contribution >= 0.6 is 23.1 Å². The first-order valence-corrected chi connectivity index (χ1v) is 11.4. The van der Waals surface area contributed by atoms with Crippen molar-refractivity contribution in [3.8, 4) is 0 Å². The van der Waals surface area contributed by atoms with E-state index in [9.17, 15) is 9.59 Å². The molecule has 4 aromatic rings. The first kappa shape index (κ1) is 20.2. The van der Waals surface area contributed by atoms with Crippen molar-refractivity contribution in [3.05, 3.63) is 71.4 Å². The Balaban J connectivity index is 1.49. The molecule has 8 nitrogen and oxygen atoms in total. The lowest BCUT2D eigenvalue weighted by Crippen LogP contribution is -2.29. The largest absolute Gasteiger partial charge is 0.459 e. The molecule has 0 spiro atoms. The van der Waals surface area contributed by atoms with Crippen LogP contribution in [-0.4, -0.2) is 38.4 Å². The van der Waals surface area contributed by atoms with Gasteiger partial charge in [0.05, 0.1) is 22.2 Å². The van der Waals surface area contributed by atoms with Crippen LogP contribution in [0.25, 0.3) is 5.65 Å². The van der Waals surface area contributed by atoms with Gasteiger partial charge < -0.3 is 15.1 Å². The van der Waals surface area contributed by atoms with Crippen LogP contribution in [0.1, 0.15) is 38.5 Å². The van der Waals surface area contributed by atoms with Gasteiger partial charge in [0.1, 0.15) is 0 Å². The van der Waals surface area contributed by atoms with Gasteiger partial charge in [0.2, 0.25) is 0 Å². The maximum absolute atomic E-state index is 12.9. The Bertz CT molecular complexity index is 1150. The van der Waals surface area contributed by atoms with E-state index in [1.807, 2.05) is 35.1 Å². The minimum absolute atomic E-state index is 0.213. The molecular formula is C20H19N5O3S2. The van der Waals surface area contributed by atoms with Crippen LogP contribution in [0.3, 0.4) is 0 Å². The molecule has 1 atom stereocenters. The SMILES string of the molecule is CSCCC(NC(=O)c1ccc(NC(=O)c2ccco2)s1)c1nnc2ccccn12. The fourth-order valence-corrected chi connectivity index (χ4v) is 4.21. The van der Waals surface area contributed by atoms with Crippen molar-refractivity contribution in [1.29, 1.82) is 0 Å². The molecule has 0 aliphatic rings. The van der Waals surface area contributed by atoms with Gasteiger partial charge in [-0.25, -0.2) is 0 Å². The summed E-state index contributed by atoms with van der Waals surface area (Å²) in [5.41, 5.74) is 0.731. The maximum atomic E-state index is 12.9. The summed E-state index contributed by atoms with van der Waals surface area (Å²) in [4.78, 5) is 25.5. The van der Waals surface area contributed by atoms with Gasteiger partial charge in [-0.2, -0.15) is 11.8 Å². The molecule has 0 aliphatic heterocycles. The van der Waals surface area contributed by atoms with Gasteiger partial charge in [-0.3, -0.25) is 14.0 Å². The van der Waals surface area contributed by atoms with Crippen molar-refractivity contribution in [2.75, 3.05) is 17.3 Å². The highest BCUT2D eigenvalue weighted by molar-refractivity contribution is 7.98. The molecule has 0 bridgehead atoms. The summed E-state index contributed by atoms with van der Waals surface area (Å²) in [7, 11) is 0. The highest BCUT2D eigenvalue weighted by atomic mass is 32.2. The van der Waals surface area contributed by atoms with E-state index < -0.39 is 0 Å². The van der Waals surface area contributed by atoms with Crippen LogP contribution in [0.4, 0.5) is 5.00 Å². The number of thioether (sulfide) groups is 1. The standard InChI is InChI=1S/C20H19N5O3S2/c1-29-12-9-13(18-24-23-16-6-2-3-10-25(16)18)21-20(27)15-7-8-17(30-15)22-19(26)14-5-4-11-28-14/h2-8,10-11,13H,9,12H2,1H3,(H,21,27)(H,22,26). The fraction of sp³-hybridized carbons (Fsp3) is 0.200. The third-order valence-corrected chi connectivity index (χ3v) is 6.02. The van der Waals surface area contributed by atoms with E-state index in [0.29, 0.717) is 15.7 Å². The van der Waals surface area contributed by atoms with E-state index in [1.165, 1.54) is 17.6 Å². The summed E-state index contributed by atoms with van der Waals surface area (Å²) in [6, 6.07) is 12.0. The van der Waals surface area contributed by atoms with Crippen LogP contribution < -0.4 is 10.6 Å². The second-order valence-corrected chi connectivity index (χ2v) is 8.46. The Labute approximate surface area is 180 Å². The van der Waals surface area contributed by atoms with Crippen LogP contribution in [-0.2, 0) is 0 Å². The van der Waals surface area contributed by atoms with Crippen molar-refractivity contribution < 1.29 is 14.0 Å². The molecule has 0 saturated heterocycles. The minimum atomic E-state index is -0.360. The molecule has 2 amide bonds. The average Bonchev–Trinajstić information content (AvgIpc) is 3.51. The summed E-state index contributed by atoms with van der Waals surface area (Å²) in [6.07, 6.45) is 6.06. The molecule has 4 heterocycles. The number of fused-ring (bicyclic) bond motifs is 1. The first-order chi connectivity index (χ1) is 14.7. The number of furan rings is 1. The van der Waals surface area contributed by atoms with Crippen LogP contribution in [0.2, 0.25) is 0 Å². The normalized spacial score (nSPS) is 12.0. The third kappa shape index (κ3) is 4.39.